The van der Waals surface area contributed by atoms with Crippen LogP contribution < -0.4 is 15.2 Å². The van der Waals surface area contributed by atoms with Gasteiger partial charge in [-0.1, -0.05) is 17.7 Å². The van der Waals surface area contributed by atoms with Gasteiger partial charge in [0.15, 0.2) is 0 Å². The van der Waals surface area contributed by atoms with E-state index in [1.54, 1.807) is 30.3 Å². The molecule has 6 heteroatoms. The van der Waals surface area contributed by atoms with Gasteiger partial charge in [-0.3, -0.25) is 4.79 Å². The van der Waals surface area contributed by atoms with Gasteiger partial charge < -0.3 is 15.2 Å². The summed E-state index contributed by atoms with van der Waals surface area (Å²) in [6.45, 7) is 0. The fourth-order valence-corrected chi connectivity index (χ4v) is 2.40. The van der Waals surface area contributed by atoms with Crippen molar-refractivity contribution in [3.8, 4) is 23.0 Å². The van der Waals surface area contributed by atoms with Crippen LogP contribution in [0, 0.1) is 5.82 Å². The fourth-order valence-electron chi connectivity index (χ4n) is 2.14. The van der Waals surface area contributed by atoms with E-state index in [9.17, 15) is 9.18 Å². The molecule has 3 rings (SSSR count). The zero-order valence-electron chi connectivity index (χ0n) is 12.9. The van der Waals surface area contributed by atoms with Crippen molar-refractivity contribution < 1.29 is 18.7 Å². The highest BCUT2D eigenvalue weighted by Crippen LogP contribution is 2.30. The highest BCUT2D eigenvalue weighted by Gasteiger charge is 2.08. The molecular weight excluding hydrogens is 345 g/mol. The number of halogens is 2. The van der Waals surface area contributed by atoms with Crippen molar-refractivity contribution in [3.63, 3.8) is 0 Å². The second-order valence-electron chi connectivity index (χ2n) is 5.14. The largest absolute Gasteiger partial charge is 0.457 e. The van der Waals surface area contributed by atoms with Gasteiger partial charge in [-0.15, -0.1) is 0 Å². The lowest BCUT2D eigenvalue weighted by Gasteiger charge is -2.10. The van der Waals surface area contributed by atoms with Gasteiger partial charge in [0.1, 0.15) is 28.8 Å². The molecule has 0 saturated carbocycles. The van der Waals surface area contributed by atoms with Crippen LogP contribution in [0.1, 0.15) is 10.4 Å². The number of hydrogen-bond donors (Lipinski definition) is 1. The average molecular weight is 358 g/mol. The summed E-state index contributed by atoms with van der Waals surface area (Å²) in [6, 6.07) is 17.2. The number of carbonyl (C=O) groups is 1. The van der Waals surface area contributed by atoms with Crippen LogP contribution in [0.15, 0.2) is 66.7 Å². The Balaban J connectivity index is 1.76. The number of amides is 1. The number of benzene rings is 3. The summed E-state index contributed by atoms with van der Waals surface area (Å²) >= 11 is 6.01. The van der Waals surface area contributed by atoms with E-state index in [2.05, 4.69) is 0 Å². The summed E-state index contributed by atoms with van der Waals surface area (Å²) in [5, 5.41) is 0.212. The molecule has 1 amide bonds. The third-order valence-corrected chi connectivity index (χ3v) is 3.61. The molecule has 0 aliphatic carbocycles. The van der Waals surface area contributed by atoms with Crippen LogP contribution in [0.25, 0.3) is 0 Å². The third kappa shape index (κ3) is 4.28. The van der Waals surface area contributed by atoms with E-state index in [0.29, 0.717) is 23.0 Å². The maximum atomic E-state index is 12.9. The standard InChI is InChI=1S/C19H13ClFNO3/c20-18-11-16(8-9-17(18)19(22)23)25-15-3-1-2-14(10-15)24-13-6-4-12(21)5-7-13/h1-11H,(H2,22,23). The molecule has 0 aliphatic heterocycles. The van der Waals surface area contributed by atoms with Crippen molar-refractivity contribution in [2.45, 2.75) is 0 Å². The Bertz CT molecular complexity index is 913. The van der Waals surface area contributed by atoms with Gasteiger partial charge in [-0.25, -0.2) is 4.39 Å². The first-order valence-electron chi connectivity index (χ1n) is 7.32. The van der Waals surface area contributed by atoms with Gasteiger partial charge in [-0.05, 0) is 48.5 Å². The van der Waals surface area contributed by atoms with E-state index in [4.69, 9.17) is 26.8 Å². The highest BCUT2D eigenvalue weighted by molar-refractivity contribution is 6.33. The topological polar surface area (TPSA) is 61.6 Å². The predicted molar refractivity (Wildman–Crippen MR) is 93.0 cm³/mol. The third-order valence-electron chi connectivity index (χ3n) is 3.30. The number of hydrogen-bond acceptors (Lipinski definition) is 3. The molecule has 25 heavy (non-hydrogen) atoms. The number of primary amides is 1. The van der Waals surface area contributed by atoms with Crippen LogP contribution in [0.4, 0.5) is 4.39 Å². The van der Waals surface area contributed by atoms with Crippen LogP contribution in [0.5, 0.6) is 23.0 Å². The van der Waals surface area contributed by atoms with E-state index in [0.717, 1.165) is 0 Å². The van der Waals surface area contributed by atoms with Crippen LogP contribution >= 0.6 is 11.6 Å². The minimum Gasteiger partial charge on any atom is -0.457 e. The molecule has 0 radical (unpaired) electrons. The molecule has 0 bridgehead atoms. The van der Waals surface area contributed by atoms with Crippen LogP contribution in [-0.2, 0) is 0 Å². The molecule has 2 N–H and O–H groups in total. The minimum atomic E-state index is -0.605. The zero-order valence-corrected chi connectivity index (χ0v) is 13.7. The maximum absolute atomic E-state index is 12.9. The second-order valence-corrected chi connectivity index (χ2v) is 5.55. The van der Waals surface area contributed by atoms with E-state index in [-0.39, 0.29) is 16.4 Å². The summed E-state index contributed by atoms with van der Waals surface area (Å²) in [4.78, 5) is 11.2. The first kappa shape index (κ1) is 16.8. The molecule has 0 fully saturated rings. The minimum absolute atomic E-state index is 0.212. The normalized spacial score (nSPS) is 10.3. The van der Waals surface area contributed by atoms with Crippen molar-refractivity contribution in [2.24, 2.45) is 5.73 Å². The van der Waals surface area contributed by atoms with Crippen molar-refractivity contribution >= 4 is 17.5 Å². The van der Waals surface area contributed by atoms with Gasteiger partial charge >= 0.3 is 0 Å². The van der Waals surface area contributed by atoms with Crippen LogP contribution in [0.3, 0.4) is 0 Å². The van der Waals surface area contributed by atoms with Crippen molar-refractivity contribution in [1.29, 1.82) is 0 Å². The molecule has 0 heterocycles. The zero-order chi connectivity index (χ0) is 17.8. The lowest BCUT2D eigenvalue weighted by Crippen LogP contribution is -2.11. The lowest BCUT2D eigenvalue weighted by atomic mass is 10.2. The molecular formula is C19H13ClFNO3. The summed E-state index contributed by atoms with van der Waals surface area (Å²) in [6.07, 6.45) is 0. The molecule has 3 aromatic carbocycles. The van der Waals surface area contributed by atoms with Gasteiger partial charge in [0.2, 0.25) is 5.91 Å². The highest BCUT2D eigenvalue weighted by atomic mass is 35.5. The van der Waals surface area contributed by atoms with E-state index >= 15 is 0 Å². The summed E-state index contributed by atoms with van der Waals surface area (Å²) in [5.74, 6) is 1.07. The Hall–Kier alpha value is -3.05. The molecule has 0 aliphatic rings. The van der Waals surface area contributed by atoms with Gasteiger partial charge in [0, 0.05) is 12.1 Å². The molecule has 126 valence electrons. The molecule has 0 saturated heterocycles. The van der Waals surface area contributed by atoms with E-state index in [1.807, 2.05) is 0 Å². The first-order valence-corrected chi connectivity index (χ1v) is 7.70. The van der Waals surface area contributed by atoms with Crippen molar-refractivity contribution in [3.05, 3.63) is 83.1 Å². The Labute approximate surface area is 148 Å². The van der Waals surface area contributed by atoms with Gasteiger partial charge in [0.05, 0.1) is 10.6 Å². The second kappa shape index (κ2) is 7.23. The molecule has 0 atom stereocenters. The number of carbonyl (C=O) groups excluding carboxylic acids is 1. The monoisotopic (exact) mass is 357 g/mol. The summed E-state index contributed by atoms with van der Waals surface area (Å²) < 4.78 is 24.3. The van der Waals surface area contributed by atoms with Crippen LogP contribution in [-0.4, -0.2) is 5.91 Å². The SMILES string of the molecule is NC(=O)c1ccc(Oc2cccc(Oc3ccc(F)cc3)c2)cc1Cl. The van der Waals surface area contributed by atoms with Gasteiger partial charge in [-0.2, -0.15) is 0 Å². The van der Waals surface area contributed by atoms with E-state index < -0.39 is 5.91 Å². The summed E-state index contributed by atoms with van der Waals surface area (Å²) in [5.41, 5.74) is 5.44. The smallest absolute Gasteiger partial charge is 0.250 e. The van der Waals surface area contributed by atoms with Crippen molar-refractivity contribution in [2.75, 3.05) is 0 Å². The Morgan fingerprint density at radius 1 is 0.840 bits per heavy atom. The number of rotatable bonds is 5. The lowest BCUT2D eigenvalue weighted by molar-refractivity contribution is 0.100. The Kier molecular flexibility index (Phi) is 4.86. The first-order chi connectivity index (χ1) is 12.0. The molecule has 3 aromatic rings. The average Bonchev–Trinajstić information content (AvgIpc) is 2.57. The van der Waals surface area contributed by atoms with E-state index in [1.165, 1.54) is 36.4 Å². The summed E-state index contributed by atoms with van der Waals surface area (Å²) in [7, 11) is 0. The number of nitrogens with two attached hydrogens (primary N) is 1. The number of ether oxygens (including phenoxy) is 2. The predicted octanol–water partition coefficient (Wildman–Crippen LogP) is 5.16. The molecule has 0 spiro atoms. The Morgan fingerprint density at radius 2 is 1.40 bits per heavy atom. The fraction of sp³-hybridized carbons (Fsp3) is 0. The van der Waals surface area contributed by atoms with Gasteiger partial charge in [0.25, 0.3) is 0 Å². The molecule has 0 unspecified atom stereocenters. The quantitative estimate of drug-likeness (QED) is 0.685. The maximum Gasteiger partial charge on any atom is 0.250 e. The molecule has 4 nitrogen and oxygen atoms in total. The van der Waals surface area contributed by atoms with Crippen LogP contribution in [0.2, 0.25) is 5.02 Å². The Morgan fingerprint density at radius 3 is 2.00 bits per heavy atom. The van der Waals surface area contributed by atoms with Crippen molar-refractivity contribution in [1.82, 2.24) is 0 Å². The molecule has 0 aromatic heterocycles.